The van der Waals surface area contributed by atoms with Gasteiger partial charge in [0.2, 0.25) is 0 Å². The predicted octanol–water partition coefficient (Wildman–Crippen LogP) is 2.39. The molecule has 0 radical (unpaired) electrons. The summed E-state index contributed by atoms with van der Waals surface area (Å²) < 4.78 is 10.8. The molecule has 1 aromatic rings. The molecule has 0 heterocycles. The largest absolute Gasteiger partial charge is 0.496 e. The number of rotatable bonds is 4. The van der Waals surface area contributed by atoms with Crippen LogP contribution >= 0.6 is 0 Å². The molecule has 5 heteroatoms. The maximum absolute atomic E-state index is 10.7. The van der Waals surface area contributed by atoms with Crippen molar-refractivity contribution in [2.75, 3.05) is 20.8 Å². The van der Waals surface area contributed by atoms with Crippen LogP contribution in [0.1, 0.15) is 29.9 Å². The first-order chi connectivity index (χ1) is 9.17. The molecule has 0 saturated carbocycles. The standard InChI is InChI=1S/C14H19NO4/c1-18-11-6-7-12(19-2)13-9(8-15-14(16)17)4-3-5-10(11)13/h6-7,9,15H,3-5,8H2,1-2H3,(H,16,17). The zero-order valence-corrected chi connectivity index (χ0v) is 11.2. The summed E-state index contributed by atoms with van der Waals surface area (Å²) in [6.45, 7) is 0.409. The summed E-state index contributed by atoms with van der Waals surface area (Å²) in [5.41, 5.74) is 2.23. The number of carboxylic acid groups (broad SMARTS) is 1. The average molecular weight is 265 g/mol. The molecule has 1 atom stereocenters. The second kappa shape index (κ2) is 5.82. The molecule has 0 fully saturated rings. The Kier molecular flexibility index (Phi) is 4.14. The molecule has 19 heavy (non-hydrogen) atoms. The summed E-state index contributed by atoms with van der Waals surface area (Å²) in [5, 5.41) is 11.2. The first kappa shape index (κ1) is 13.5. The van der Waals surface area contributed by atoms with E-state index in [4.69, 9.17) is 14.6 Å². The highest BCUT2D eigenvalue weighted by Gasteiger charge is 2.26. The van der Waals surface area contributed by atoms with Gasteiger partial charge >= 0.3 is 6.09 Å². The van der Waals surface area contributed by atoms with E-state index in [-0.39, 0.29) is 5.92 Å². The van der Waals surface area contributed by atoms with Crippen LogP contribution < -0.4 is 14.8 Å². The fourth-order valence-corrected chi connectivity index (χ4v) is 2.78. The number of amides is 1. The Balaban J connectivity index is 2.37. The SMILES string of the molecule is COc1ccc(OC)c2c1CCCC2CNC(=O)O. The van der Waals surface area contributed by atoms with Gasteiger partial charge in [0.1, 0.15) is 11.5 Å². The molecular formula is C14H19NO4. The summed E-state index contributed by atoms with van der Waals surface area (Å²) >= 11 is 0. The molecule has 2 rings (SSSR count). The third kappa shape index (κ3) is 2.75. The lowest BCUT2D eigenvalue weighted by Gasteiger charge is -2.28. The number of hydrogen-bond acceptors (Lipinski definition) is 3. The van der Waals surface area contributed by atoms with Crippen LogP contribution in [0.25, 0.3) is 0 Å². The molecule has 0 aromatic heterocycles. The summed E-state index contributed by atoms with van der Waals surface area (Å²) in [7, 11) is 3.29. The minimum atomic E-state index is -0.992. The third-order valence-corrected chi connectivity index (χ3v) is 3.60. The van der Waals surface area contributed by atoms with Crippen LogP contribution in [0.3, 0.4) is 0 Å². The molecular weight excluding hydrogens is 246 g/mol. The molecule has 1 aromatic carbocycles. The van der Waals surface area contributed by atoms with E-state index < -0.39 is 6.09 Å². The third-order valence-electron chi connectivity index (χ3n) is 3.60. The van der Waals surface area contributed by atoms with Crippen molar-refractivity contribution in [3.05, 3.63) is 23.3 Å². The van der Waals surface area contributed by atoms with Crippen LogP contribution in [0.2, 0.25) is 0 Å². The number of hydrogen-bond donors (Lipinski definition) is 2. The van der Waals surface area contributed by atoms with Gasteiger partial charge in [0.25, 0.3) is 0 Å². The van der Waals surface area contributed by atoms with Crippen LogP contribution in [0, 0.1) is 0 Å². The number of ether oxygens (including phenoxy) is 2. The van der Waals surface area contributed by atoms with Gasteiger partial charge in [-0.05, 0) is 31.4 Å². The van der Waals surface area contributed by atoms with Gasteiger partial charge in [0.15, 0.2) is 0 Å². The fourth-order valence-electron chi connectivity index (χ4n) is 2.78. The summed E-state index contributed by atoms with van der Waals surface area (Å²) in [6.07, 6.45) is 1.94. The van der Waals surface area contributed by atoms with E-state index in [2.05, 4.69) is 5.32 Å². The van der Waals surface area contributed by atoms with Crippen LogP contribution in [0.5, 0.6) is 11.5 Å². The number of fused-ring (bicyclic) bond motifs is 1. The number of nitrogens with one attached hydrogen (secondary N) is 1. The van der Waals surface area contributed by atoms with E-state index in [1.54, 1.807) is 14.2 Å². The maximum atomic E-state index is 10.7. The minimum Gasteiger partial charge on any atom is -0.496 e. The van der Waals surface area contributed by atoms with Gasteiger partial charge in [-0.1, -0.05) is 0 Å². The molecule has 2 N–H and O–H groups in total. The smallest absolute Gasteiger partial charge is 0.404 e. The highest BCUT2D eigenvalue weighted by molar-refractivity contribution is 5.64. The topological polar surface area (TPSA) is 67.8 Å². The van der Waals surface area contributed by atoms with E-state index in [9.17, 15) is 4.79 Å². The maximum Gasteiger partial charge on any atom is 0.404 e. The predicted molar refractivity (Wildman–Crippen MR) is 71.3 cm³/mol. The molecule has 104 valence electrons. The Hall–Kier alpha value is -1.91. The van der Waals surface area contributed by atoms with Crippen molar-refractivity contribution in [2.24, 2.45) is 0 Å². The Labute approximate surface area is 112 Å². The average Bonchev–Trinajstić information content (AvgIpc) is 2.43. The van der Waals surface area contributed by atoms with E-state index >= 15 is 0 Å². The first-order valence-corrected chi connectivity index (χ1v) is 6.38. The second-order valence-electron chi connectivity index (χ2n) is 4.64. The van der Waals surface area contributed by atoms with Crippen molar-refractivity contribution in [3.8, 4) is 11.5 Å². The zero-order valence-electron chi connectivity index (χ0n) is 11.2. The first-order valence-electron chi connectivity index (χ1n) is 6.38. The van der Waals surface area contributed by atoms with E-state index in [0.717, 1.165) is 41.9 Å². The van der Waals surface area contributed by atoms with Gasteiger partial charge in [-0.15, -0.1) is 0 Å². The Bertz CT molecular complexity index is 473. The van der Waals surface area contributed by atoms with Crippen LogP contribution in [-0.2, 0) is 6.42 Å². The van der Waals surface area contributed by atoms with Gasteiger partial charge in [0, 0.05) is 23.6 Å². The van der Waals surface area contributed by atoms with Crippen molar-refractivity contribution in [3.63, 3.8) is 0 Å². The lowest BCUT2D eigenvalue weighted by Crippen LogP contribution is -2.28. The van der Waals surface area contributed by atoms with E-state index in [1.807, 2.05) is 12.1 Å². The lowest BCUT2D eigenvalue weighted by atomic mass is 9.81. The molecule has 1 amide bonds. The normalized spacial score (nSPS) is 17.5. The fraction of sp³-hybridized carbons (Fsp3) is 0.500. The summed E-state index contributed by atoms with van der Waals surface area (Å²) in [5.74, 6) is 1.81. The summed E-state index contributed by atoms with van der Waals surface area (Å²) in [6, 6.07) is 3.79. The number of carbonyl (C=O) groups is 1. The summed E-state index contributed by atoms with van der Waals surface area (Å²) in [4.78, 5) is 10.7. The molecule has 0 bridgehead atoms. The number of benzene rings is 1. The van der Waals surface area contributed by atoms with Crippen LogP contribution in [-0.4, -0.2) is 32.0 Å². The van der Waals surface area contributed by atoms with Crippen molar-refractivity contribution in [2.45, 2.75) is 25.2 Å². The zero-order chi connectivity index (χ0) is 13.8. The van der Waals surface area contributed by atoms with E-state index in [0.29, 0.717) is 6.54 Å². The molecule has 1 aliphatic rings. The molecule has 5 nitrogen and oxygen atoms in total. The van der Waals surface area contributed by atoms with Gasteiger partial charge in [-0.25, -0.2) is 4.79 Å². The van der Waals surface area contributed by atoms with Gasteiger partial charge in [0.05, 0.1) is 14.2 Å². The van der Waals surface area contributed by atoms with Crippen LogP contribution in [0.4, 0.5) is 4.79 Å². The highest BCUT2D eigenvalue weighted by atomic mass is 16.5. The van der Waals surface area contributed by atoms with Crippen molar-refractivity contribution in [1.82, 2.24) is 5.32 Å². The van der Waals surface area contributed by atoms with Crippen molar-refractivity contribution >= 4 is 6.09 Å². The van der Waals surface area contributed by atoms with Gasteiger partial charge in [-0.3, -0.25) is 0 Å². The van der Waals surface area contributed by atoms with Gasteiger partial charge < -0.3 is 19.9 Å². The number of methoxy groups -OCH3 is 2. The molecule has 0 saturated heterocycles. The van der Waals surface area contributed by atoms with Gasteiger partial charge in [-0.2, -0.15) is 0 Å². The monoisotopic (exact) mass is 265 g/mol. The lowest BCUT2D eigenvalue weighted by molar-refractivity contribution is 0.193. The van der Waals surface area contributed by atoms with E-state index in [1.165, 1.54) is 0 Å². The quantitative estimate of drug-likeness (QED) is 0.877. The Morgan fingerprint density at radius 2 is 2.05 bits per heavy atom. The Morgan fingerprint density at radius 1 is 1.37 bits per heavy atom. The molecule has 1 unspecified atom stereocenters. The molecule has 0 aliphatic heterocycles. The van der Waals surface area contributed by atoms with Crippen molar-refractivity contribution < 1.29 is 19.4 Å². The van der Waals surface area contributed by atoms with Crippen molar-refractivity contribution in [1.29, 1.82) is 0 Å². The highest BCUT2D eigenvalue weighted by Crippen LogP contribution is 2.41. The Morgan fingerprint density at radius 3 is 2.68 bits per heavy atom. The minimum absolute atomic E-state index is 0.143. The molecule has 1 aliphatic carbocycles. The van der Waals surface area contributed by atoms with Crippen LogP contribution in [0.15, 0.2) is 12.1 Å². The second-order valence-corrected chi connectivity index (χ2v) is 4.64. The molecule has 0 spiro atoms.